The highest BCUT2D eigenvalue weighted by molar-refractivity contribution is 6.44. The lowest BCUT2D eigenvalue weighted by Gasteiger charge is -2.21. The maximum Gasteiger partial charge on any atom is 0.333 e. The molecule has 19 heavy (non-hydrogen) atoms. The highest BCUT2D eigenvalue weighted by Crippen LogP contribution is 2.09. The maximum absolute atomic E-state index is 11.2. The summed E-state index contributed by atoms with van der Waals surface area (Å²) in [5, 5.41) is 0. The molecule has 0 radical (unpaired) electrons. The van der Waals surface area contributed by atoms with E-state index in [4.69, 9.17) is 13.6 Å². The van der Waals surface area contributed by atoms with Crippen LogP contribution >= 0.6 is 0 Å². The molecule has 0 aliphatic carbocycles. The Morgan fingerprint density at radius 1 is 1.11 bits per heavy atom. The summed E-state index contributed by atoms with van der Waals surface area (Å²) in [6.45, 7) is 13.7. The second-order valence-corrected chi connectivity index (χ2v) is 7.19. The van der Waals surface area contributed by atoms with Crippen molar-refractivity contribution < 1.29 is 18.4 Å². The van der Waals surface area contributed by atoms with Crippen molar-refractivity contribution in [3.8, 4) is 0 Å². The number of hydrogen-bond acceptors (Lipinski definition) is 4. The van der Waals surface area contributed by atoms with Crippen LogP contribution < -0.4 is 0 Å². The molecule has 0 saturated heterocycles. The quantitative estimate of drug-likeness (QED) is 0.268. The summed E-state index contributed by atoms with van der Waals surface area (Å²) in [6, 6.07) is 0.945. The van der Waals surface area contributed by atoms with Gasteiger partial charge in [-0.2, -0.15) is 0 Å². The molecule has 0 aliphatic rings. The van der Waals surface area contributed by atoms with Crippen LogP contribution in [0.3, 0.4) is 0 Å². The Hall–Kier alpha value is -0.653. The van der Waals surface area contributed by atoms with Gasteiger partial charge in [0.15, 0.2) is 0 Å². The largest absolute Gasteiger partial charge is 0.462 e. The Bertz CT molecular complexity index is 267. The van der Waals surface area contributed by atoms with Crippen LogP contribution in [-0.4, -0.2) is 34.1 Å². The van der Waals surface area contributed by atoms with Gasteiger partial charge in [0.2, 0.25) is 0 Å². The fourth-order valence-electron chi connectivity index (χ4n) is 1.48. The van der Waals surface area contributed by atoms with Gasteiger partial charge in [-0.15, -0.1) is 0 Å². The summed E-state index contributed by atoms with van der Waals surface area (Å²) >= 11 is 0. The van der Waals surface area contributed by atoms with Crippen molar-refractivity contribution in [1.29, 1.82) is 0 Å². The fraction of sp³-hybridized carbons (Fsp3) is 0.786. The van der Waals surface area contributed by atoms with Crippen molar-refractivity contribution in [3.05, 3.63) is 12.2 Å². The molecule has 112 valence electrons. The van der Waals surface area contributed by atoms with Crippen LogP contribution in [-0.2, 0) is 18.4 Å². The molecule has 0 amide bonds. The van der Waals surface area contributed by atoms with Gasteiger partial charge in [0.1, 0.15) is 0 Å². The van der Waals surface area contributed by atoms with Gasteiger partial charge < -0.3 is 13.6 Å². The predicted molar refractivity (Wildman–Crippen MR) is 79.4 cm³/mol. The van der Waals surface area contributed by atoms with Crippen molar-refractivity contribution in [2.24, 2.45) is 0 Å². The molecule has 0 unspecified atom stereocenters. The van der Waals surface area contributed by atoms with Crippen molar-refractivity contribution >= 4 is 15.3 Å². The van der Waals surface area contributed by atoms with Gasteiger partial charge in [0.05, 0.1) is 6.61 Å². The van der Waals surface area contributed by atoms with E-state index in [1.165, 1.54) is 0 Å². The molecule has 0 heterocycles. The van der Waals surface area contributed by atoms with E-state index in [9.17, 15) is 4.79 Å². The molecule has 0 fully saturated rings. The Kier molecular flexibility index (Phi) is 9.82. The van der Waals surface area contributed by atoms with Crippen LogP contribution in [0.25, 0.3) is 0 Å². The third-order valence-corrected chi connectivity index (χ3v) is 4.84. The molecule has 0 bridgehead atoms. The van der Waals surface area contributed by atoms with Gasteiger partial charge in [-0.1, -0.05) is 6.58 Å². The van der Waals surface area contributed by atoms with E-state index in [1.54, 1.807) is 6.92 Å². The Labute approximate surface area is 119 Å². The fourth-order valence-corrected chi connectivity index (χ4v) is 3.65. The topological polar surface area (TPSA) is 44.8 Å². The van der Waals surface area contributed by atoms with Crippen molar-refractivity contribution in [3.63, 3.8) is 0 Å². The predicted octanol–water partition coefficient (Wildman–Crippen LogP) is 2.96. The van der Waals surface area contributed by atoms with Crippen LogP contribution in [0.15, 0.2) is 12.2 Å². The van der Waals surface area contributed by atoms with Crippen molar-refractivity contribution in [2.45, 2.75) is 65.7 Å². The Balaban J connectivity index is 3.80. The van der Waals surface area contributed by atoms with Gasteiger partial charge in [0.25, 0.3) is 0 Å². The minimum Gasteiger partial charge on any atom is -0.462 e. The van der Waals surface area contributed by atoms with E-state index in [1.807, 2.05) is 27.7 Å². The molecular formula is C14H28O4Si. The van der Waals surface area contributed by atoms with Crippen LogP contribution in [0.5, 0.6) is 0 Å². The summed E-state index contributed by atoms with van der Waals surface area (Å²) in [4.78, 5) is 11.2. The molecule has 0 aromatic heterocycles. The molecule has 0 atom stereocenters. The molecule has 0 N–H and O–H groups in total. The van der Waals surface area contributed by atoms with E-state index in [2.05, 4.69) is 6.58 Å². The summed E-state index contributed by atoms with van der Waals surface area (Å²) in [5.41, 5.74) is 0.443. The lowest BCUT2D eigenvalue weighted by Crippen LogP contribution is -2.29. The van der Waals surface area contributed by atoms with E-state index in [-0.39, 0.29) is 18.2 Å². The SMILES string of the molecule is C=C(C)C(=O)OCCCC[SiH](OC(C)C)OC(C)C. The number of esters is 1. The smallest absolute Gasteiger partial charge is 0.333 e. The molecule has 0 saturated carbocycles. The number of hydrogen-bond donors (Lipinski definition) is 0. The third kappa shape index (κ3) is 10.9. The first-order valence-corrected chi connectivity index (χ1v) is 8.72. The first-order chi connectivity index (χ1) is 8.82. The monoisotopic (exact) mass is 288 g/mol. The molecule has 0 spiro atoms. The molecule has 0 rings (SSSR count). The standard InChI is InChI=1S/C14H28O4Si/c1-11(2)14(15)16-9-7-8-10-19(17-12(3)4)18-13(5)6/h12-13,19H,1,7-10H2,2-6H3. The summed E-state index contributed by atoms with van der Waals surface area (Å²) in [5.74, 6) is -0.314. The average Bonchev–Trinajstić information content (AvgIpc) is 2.26. The van der Waals surface area contributed by atoms with Gasteiger partial charge >= 0.3 is 15.3 Å². The normalized spacial score (nSPS) is 11.4. The van der Waals surface area contributed by atoms with E-state index in [0.717, 1.165) is 18.9 Å². The van der Waals surface area contributed by atoms with Gasteiger partial charge in [-0.3, -0.25) is 0 Å². The first-order valence-electron chi connectivity index (χ1n) is 6.96. The third-order valence-electron chi connectivity index (χ3n) is 2.26. The zero-order valence-corrected chi connectivity index (χ0v) is 14.1. The summed E-state index contributed by atoms with van der Waals surface area (Å²) < 4.78 is 16.7. The lowest BCUT2D eigenvalue weighted by molar-refractivity contribution is -0.139. The summed E-state index contributed by atoms with van der Waals surface area (Å²) in [7, 11) is -1.59. The Morgan fingerprint density at radius 3 is 2.05 bits per heavy atom. The second kappa shape index (κ2) is 10.2. The number of rotatable bonds is 10. The maximum atomic E-state index is 11.2. The highest BCUT2D eigenvalue weighted by Gasteiger charge is 2.16. The zero-order chi connectivity index (χ0) is 14.8. The molecule has 0 aromatic carbocycles. The van der Waals surface area contributed by atoms with Crippen LogP contribution in [0.4, 0.5) is 0 Å². The molecule has 4 nitrogen and oxygen atoms in total. The first kappa shape index (κ1) is 18.3. The van der Waals surface area contributed by atoms with E-state index in [0.29, 0.717) is 12.2 Å². The lowest BCUT2D eigenvalue weighted by atomic mass is 10.3. The summed E-state index contributed by atoms with van der Waals surface area (Å²) in [6.07, 6.45) is 2.21. The minimum absolute atomic E-state index is 0.205. The Morgan fingerprint density at radius 2 is 1.63 bits per heavy atom. The molecule has 5 heteroatoms. The van der Waals surface area contributed by atoms with Gasteiger partial charge in [0, 0.05) is 17.8 Å². The van der Waals surface area contributed by atoms with Crippen molar-refractivity contribution in [2.75, 3.05) is 6.61 Å². The van der Waals surface area contributed by atoms with Crippen molar-refractivity contribution in [1.82, 2.24) is 0 Å². The number of carbonyl (C=O) groups is 1. The van der Waals surface area contributed by atoms with Gasteiger partial charge in [-0.05, 0) is 53.5 Å². The number of ether oxygens (including phenoxy) is 1. The van der Waals surface area contributed by atoms with E-state index >= 15 is 0 Å². The highest BCUT2D eigenvalue weighted by atomic mass is 28.3. The van der Waals surface area contributed by atoms with Crippen LogP contribution in [0.1, 0.15) is 47.5 Å². The molecule has 0 aromatic rings. The van der Waals surface area contributed by atoms with Gasteiger partial charge in [-0.25, -0.2) is 4.79 Å². The molecular weight excluding hydrogens is 260 g/mol. The zero-order valence-electron chi connectivity index (χ0n) is 12.9. The molecule has 0 aliphatic heterocycles. The minimum atomic E-state index is -1.59. The second-order valence-electron chi connectivity index (χ2n) is 5.21. The van der Waals surface area contributed by atoms with E-state index < -0.39 is 9.28 Å². The van der Waals surface area contributed by atoms with Crippen LogP contribution in [0.2, 0.25) is 6.04 Å². The number of carbonyl (C=O) groups excluding carboxylic acids is 1. The average molecular weight is 288 g/mol. The number of unbranched alkanes of at least 4 members (excludes halogenated alkanes) is 1. The van der Waals surface area contributed by atoms with Crippen LogP contribution in [0, 0.1) is 0 Å².